The highest BCUT2D eigenvalue weighted by Crippen LogP contribution is 2.44. The molecule has 1 aromatic carbocycles. The van der Waals surface area contributed by atoms with E-state index in [1.807, 2.05) is 13.8 Å². The lowest BCUT2D eigenvalue weighted by molar-refractivity contribution is 0.0513. The van der Waals surface area contributed by atoms with E-state index >= 15 is 0 Å². The van der Waals surface area contributed by atoms with Gasteiger partial charge in [0.25, 0.3) is 0 Å². The molecule has 3 atom stereocenters. The van der Waals surface area contributed by atoms with E-state index in [1.165, 1.54) is 92.2 Å². The molecule has 1 aliphatic rings. The molecule has 0 radical (unpaired) electrons. The first-order chi connectivity index (χ1) is 16.4. The second-order valence-corrected chi connectivity index (χ2v) is 12.7. The molecule has 0 saturated heterocycles. The predicted octanol–water partition coefficient (Wildman–Crippen LogP) is 11.3. The Hall–Kier alpha value is -0.980. The van der Waals surface area contributed by atoms with Crippen LogP contribution in [0.3, 0.4) is 0 Å². The number of hydrogen-bond acceptors (Lipinski definition) is 1. The van der Waals surface area contributed by atoms with E-state index in [-0.39, 0.29) is 5.60 Å². The molecular weight excluding hydrogens is 424 g/mol. The predicted molar refractivity (Wildman–Crippen MR) is 158 cm³/mol. The van der Waals surface area contributed by atoms with E-state index in [0.717, 1.165) is 24.2 Å². The standard InChI is InChI=1S/C32H56O.C2H6/c1-22(2)14-11-15-24(5)16-12-17-25(6)18-13-20-32(10)21-19-29-28(9)30(23(3)4)26(7)27(8)31(29)33-32;1-2/h22-25H,11-21H2,1-10H3;1-2H3/t24-,25?,32-;/m1./s1. The Bertz CT molecular complexity index is 744. The van der Waals surface area contributed by atoms with Crippen molar-refractivity contribution in [3.8, 4) is 5.75 Å². The molecule has 204 valence electrons. The van der Waals surface area contributed by atoms with Gasteiger partial charge in [-0.3, -0.25) is 0 Å². The minimum absolute atomic E-state index is 0.000631. The van der Waals surface area contributed by atoms with Crippen LogP contribution in [-0.2, 0) is 6.42 Å². The van der Waals surface area contributed by atoms with Gasteiger partial charge in [0.05, 0.1) is 0 Å². The third kappa shape index (κ3) is 9.77. The smallest absolute Gasteiger partial charge is 0.126 e. The number of hydrogen-bond donors (Lipinski definition) is 0. The molecule has 0 amide bonds. The number of rotatable bonds is 13. The summed E-state index contributed by atoms with van der Waals surface area (Å²) in [5.41, 5.74) is 7.33. The fourth-order valence-electron chi connectivity index (χ4n) is 6.18. The number of fused-ring (bicyclic) bond motifs is 1. The van der Waals surface area contributed by atoms with Crippen LogP contribution < -0.4 is 4.74 Å². The van der Waals surface area contributed by atoms with Gasteiger partial charge < -0.3 is 4.74 Å². The largest absolute Gasteiger partial charge is 0.487 e. The van der Waals surface area contributed by atoms with Gasteiger partial charge in [0.15, 0.2) is 0 Å². The second kappa shape index (κ2) is 15.3. The van der Waals surface area contributed by atoms with Gasteiger partial charge in [-0.1, -0.05) is 100 Å². The van der Waals surface area contributed by atoms with Crippen molar-refractivity contribution in [2.45, 2.75) is 165 Å². The normalized spacial score (nSPS) is 19.1. The monoisotopic (exact) mass is 486 g/mol. The van der Waals surface area contributed by atoms with Gasteiger partial charge in [-0.05, 0) is 105 Å². The Morgan fingerprint density at radius 3 is 1.74 bits per heavy atom. The molecule has 1 heteroatoms. The summed E-state index contributed by atoms with van der Waals surface area (Å²) in [6, 6.07) is 0. The average Bonchev–Trinajstić information content (AvgIpc) is 2.78. The molecule has 1 heterocycles. The summed E-state index contributed by atoms with van der Waals surface area (Å²) in [4.78, 5) is 0. The van der Waals surface area contributed by atoms with Crippen LogP contribution in [0, 0.1) is 38.5 Å². The van der Waals surface area contributed by atoms with Crippen LogP contribution in [0.25, 0.3) is 0 Å². The molecule has 2 rings (SSSR count). The summed E-state index contributed by atoms with van der Waals surface area (Å²) < 4.78 is 6.80. The minimum atomic E-state index is 0.000631. The third-order valence-corrected chi connectivity index (χ3v) is 8.54. The first kappa shape index (κ1) is 32.0. The maximum absolute atomic E-state index is 6.80. The summed E-state index contributed by atoms with van der Waals surface area (Å²) in [7, 11) is 0. The second-order valence-electron chi connectivity index (χ2n) is 12.7. The molecule has 35 heavy (non-hydrogen) atoms. The van der Waals surface area contributed by atoms with Crippen molar-refractivity contribution >= 4 is 0 Å². The fraction of sp³-hybridized carbons (Fsp3) is 0.824. The Morgan fingerprint density at radius 1 is 0.714 bits per heavy atom. The van der Waals surface area contributed by atoms with E-state index in [2.05, 4.69) is 69.2 Å². The first-order valence-corrected chi connectivity index (χ1v) is 15.3. The molecule has 1 nitrogen and oxygen atoms in total. The van der Waals surface area contributed by atoms with E-state index in [1.54, 1.807) is 5.56 Å². The topological polar surface area (TPSA) is 9.23 Å². The highest BCUT2D eigenvalue weighted by Gasteiger charge is 2.34. The van der Waals surface area contributed by atoms with Gasteiger partial charge >= 0.3 is 0 Å². The van der Waals surface area contributed by atoms with Crippen molar-refractivity contribution in [3.05, 3.63) is 27.8 Å². The zero-order valence-corrected chi connectivity index (χ0v) is 26.0. The molecule has 0 saturated carbocycles. The lowest BCUT2D eigenvalue weighted by Gasteiger charge is -2.39. The average molecular weight is 487 g/mol. The van der Waals surface area contributed by atoms with Gasteiger partial charge in [-0.2, -0.15) is 0 Å². The molecule has 0 spiro atoms. The van der Waals surface area contributed by atoms with Crippen LogP contribution in [0.5, 0.6) is 5.75 Å². The van der Waals surface area contributed by atoms with Crippen molar-refractivity contribution in [2.24, 2.45) is 17.8 Å². The van der Waals surface area contributed by atoms with Gasteiger partial charge in [0, 0.05) is 0 Å². The van der Waals surface area contributed by atoms with Gasteiger partial charge in [0.1, 0.15) is 11.4 Å². The fourth-order valence-corrected chi connectivity index (χ4v) is 6.18. The molecule has 0 aliphatic carbocycles. The zero-order chi connectivity index (χ0) is 26.8. The van der Waals surface area contributed by atoms with E-state index in [4.69, 9.17) is 4.74 Å². The number of ether oxygens (including phenoxy) is 1. The van der Waals surface area contributed by atoms with Crippen LogP contribution in [-0.4, -0.2) is 5.60 Å². The Kier molecular flexibility index (Phi) is 14.0. The lowest BCUT2D eigenvalue weighted by Crippen LogP contribution is -2.37. The molecule has 0 N–H and O–H groups in total. The van der Waals surface area contributed by atoms with Crippen LogP contribution in [0.4, 0.5) is 0 Å². The zero-order valence-electron chi connectivity index (χ0n) is 26.0. The van der Waals surface area contributed by atoms with Crippen LogP contribution in [0.2, 0.25) is 0 Å². The molecule has 1 unspecified atom stereocenters. The molecular formula is C34H62O. The van der Waals surface area contributed by atoms with Gasteiger partial charge in [-0.15, -0.1) is 0 Å². The Morgan fingerprint density at radius 2 is 1.23 bits per heavy atom. The van der Waals surface area contributed by atoms with E-state index < -0.39 is 0 Å². The Labute approximate surface area is 221 Å². The van der Waals surface area contributed by atoms with Crippen molar-refractivity contribution in [2.75, 3.05) is 0 Å². The SMILES string of the molecule is CC.Cc1c(C)c(C(C)C)c(C)c2c1O[C@](C)(CCCC(C)CCC[C@H](C)CCCC(C)C)CC2. The molecule has 1 aromatic rings. The van der Waals surface area contributed by atoms with Crippen molar-refractivity contribution in [3.63, 3.8) is 0 Å². The third-order valence-electron chi connectivity index (χ3n) is 8.54. The van der Waals surface area contributed by atoms with Crippen LogP contribution in [0.1, 0.15) is 160 Å². The lowest BCUT2D eigenvalue weighted by atomic mass is 9.80. The molecule has 1 aliphatic heterocycles. The Balaban J connectivity index is 0.00000298. The summed E-state index contributed by atoms with van der Waals surface area (Å²) in [6.07, 6.45) is 14.6. The molecule has 0 fully saturated rings. The van der Waals surface area contributed by atoms with E-state index in [9.17, 15) is 0 Å². The van der Waals surface area contributed by atoms with Gasteiger partial charge in [0.2, 0.25) is 0 Å². The summed E-state index contributed by atoms with van der Waals surface area (Å²) in [5.74, 6) is 4.38. The maximum Gasteiger partial charge on any atom is 0.126 e. The quantitative estimate of drug-likeness (QED) is 0.269. The summed E-state index contributed by atoms with van der Waals surface area (Å²) >= 11 is 0. The maximum atomic E-state index is 6.80. The summed E-state index contributed by atoms with van der Waals surface area (Å²) in [5, 5.41) is 0. The van der Waals surface area contributed by atoms with Crippen molar-refractivity contribution in [1.82, 2.24) is 0 Å². The van der Waals surface area contributed by atoms with E-state index in [0.29, 0.717) is 5.92 Å². The van der Waals surface area contributed by atoms with Crippen LogP contribution >= 0.6 is 0 Å². The van der Waals surface area contributed by atoms with Crippen LogP contribution in [0.15, 0.2) is 0 Å². The summed E-state index contributed by atoms with van der Waals surface area (Å²) in [6.45, 7) is 27.5. The number of benzene rings is 1. The molecule has 0 aromatic heterocycles. The highest BCUT2D eigenvalue weighted by atomic mass is 16.5. The highest BCUT2D eigenvalue weighted by molar-refractivity contribution is 5.56. The van der Waals surface area contributed by atoms with Crippen molar-refractivity contribution in [1.29, 1.82) is 0 Å². The van der Waals surface area contributed by atoms with Crippen molar-refractivity contribution < 1.29 is 4.74 Å². The first-order valence-electron chi connectivity index (χ1n) is 15.3. The van der Waals surface area contributed by atoms with Gasteiger partial charge in [-0.25, -0.2) is 0 Å². The minimum Gasteiger partial charge on any atom is -0.487 e. The molecule has 0 bridgehead atoms.